The van der Waals surface area contributed by atoms with Crippen LogP contribution in [0.15, 0.2) is 18.2 Å². The maximum absolute atomic E-state index is 12.0. The number of rotatable bonds is 7. The number of hydrogen-bond donors (Lipinski definition) is 1. The molecular formula is C13H17ClN2O4. The minimum Gasteiger partial charge on any atom is -0.487 e. The number of hydrogen-bond acceptors (Lipinski definition) is 4. The zero-order valence-electron chi connectivity index (χ0n) is 11.4. The summed E-state index contributed by atoms with van der Waals surface area (Å²) in [7, 11) is 0. The molecule has 0 spiro atoms. The molecular weight excluding hydrogens is 284 g/mol. The molecule has 1 N–H and O–H groups in total. The minimum absolute atomic E-state index is 0.00331. The standard InChI is InChI=1S/C13H17ClN2O4/c1-3-20-12-10(5-4-6-11(12)16(18)19)13(17)15-8-7-9(2)14/h4-6,9H,3,7-8H2,1-2H3,(H,15,17). The lowest BCUT2D eigenvalue weighted by Gasteiger charge is -2.11. The number of para-hydroxylation sites is 1. The van der Waals surface area contributed by atoms with Gasteiger partial charge in [-0.2, -0.15) is 0 Å². The number of carbonyl (C=O) groups is 1. The van der Waals surface area contributed by atoms with Crippen LogP contribution in [0.3, 0.4) is 0 Å². The first-order valence-electron chi connectivity index (χ1n) is 6.29. The number of halogens is 1. The summed E-state index contributed by atoms with van der Waals surface area (Å²) in [4.78, 5) is 22.4. The van der Waals surface area contributed by atoms with E-state index in [0.29, 0.717) is 13.0 Å². The van der Waals surface area contributed by atoms with Gasteiger partial charge in [-0.3, -0.25) is 14.9 Å². The van der Waals surface area contributed by atoms with E-state index in [1.807, 2.05) is 6.92 Å². The molecule has 0 saturated carbocycles. The van der Waals surface area contributed by atoms with Crippen molar-refractivity contribution in [1.82, 2.24) is 5.32 Å². The molecule has 0 heterocycles. The van der Waals surface area contributed by atoms with Crippen LogP contribution in [-0.4, -0.2) is 29.4 Å². The highest BCUT2D eigenvalue weighted by Crippen LogP contribution is 2.30. The largest absolute Gasteiger partial charge is 0.487 e. The van der Waals surface area contributed by atoms with Gasteiger partial charge in [-0.25, -0.2) is 0 Å². The first kappa shape index (κ1) is 16.2. The lowest BCUT2D eigenvalue weighted by molar-refractivity contribution is -0.385. The zero-order valence-corrected chi connectivity index (χ0v) is 12.1. The van der Waals surface area contributed by atoms with Crippen molar-refractivity contribution in [2.24, 2.45) is 0 Å². The molecule has 0 aromatic heterocycles. The summed E-state index contributed by atoms with van der Waals surface area (Å²) < 4.78 is 5.25. The Labute approximate surface area is 122 Å². The van der Waals surface area contributed by atoms with Gasteiger partial charge in [0.05, 0.1) is 17.1 Å². The maximum atomic E-state index is 12.0. The molecule has 0 bridgehead atoms. The second kappa shape index (κ2) is 7.69. The molecule has 0 aliphatic carbocycles. The quantitative estimate of drug-likeness (QED) is 0.477. The first-order valence-corrected chi connectivity index (χ1v) is 6.73. The van der Waals surface area contributed by atoms with E-state index >= 15 is 0 Å². The Hall–Kier alpha value is -1.82. The Bertz CT molecular complexity index is 491. The number of nitrogens with one attached hydrogen (secondary N) is 1. The molecule has 0 fully saturated rings. The molecule has 1 unspecified atom stereocenters. The van der Waals surface area contributed by atoms with Gasteiger partial charge in [0.2, 0.25) is 5.75 Å². The monoisotopic (exact) mass is 300 g/mol. The maximum Gasteiger partial charge on any atom is 0.311 e. The van der Waals surface area contributed by atoms with Crippen molar-refractivity contribution in [3.05, 3.63) is 33.9 Å². The predicted octanol–water partition coefficient (Wildman–Crippen LogP) is 2.74. The van der Waals surface area contributed by atoms with Gasteiger partial charge in [-0.05, 0) is 26.3 Å². The summed E-state index contributed by atoms with van der Waals surface area (Å²) in [6.07, 6.45) is 0.617. The van der Waals surface area contributed by atoms with Crippen molar-refractivity contribution in [2.45, 2.75) is 25.6 Å². The lowest BCUT2D eigenvalue weighted by Crippen LogP contribution is -2.26. The van der Waals surface area contributed by atoms with Crippen molar-refractivity contribution >= 4 is 23.2 Å². The predicted molar refractivity (Wildman–Crippen MR) is 76.5 cm³/mol. The number of alkyl halides is 1. The van der Waals surface area contributed by atoms with Gasteiger partial charge in [0.15, 0.2) is 0 Å². The Balaban J connectivity index is 2.95. The van der Waals surface area contributed by atoms with Crippen molar-refractivity contribution in [3.8, 4) is 5.75 Å². The molecule has 1 atom stereocenters. The van der Waals surface area contributed by atoms with Crippen LogP contribution in [0.5, 0.6) is 5.75 Å². The number of carbonyl (C=O) groups excluding carboxylic acids is 1. The molecule has 1 aromatic rings. The fourth-order valence-corrected chi connectivity index (χ4v) is 1.73. The van der Waals surface area contributed by atoms with Crippen LogP contribution < -0.4 is 10.1 Å². The molecule has 0 aliphatic rings. The summed E-state index contributed by atoms with van der Waals surface area (Å²) in [6.45, 7) is 4.17. The molecule has 0 radical (unpaired) electrons. The smallest absolute Gasteiger partial charge is 0.311 e. The number of nitro benzene ring substituents is 1. The van der Waals surface area contributed by atoms with Crippen LogP contribution in [0.1, 0.15) is 30.6 Å². The number of ether oxygens (including phenoxy) is 1. The van der Waals surface area contributed by atoms with E-state index in [1.165, 1.54) is 18.2 Å². The summed E-state index contributed by atoms with van der Waals surface area (Å²) >= 11 is 5.79. The average molecular weight is 301 g/mol. The Morgan fingerprint density at radius 2 is 2.25 bits per heavy atom. The highest BCUT2D eigenvalue weighted by molar-refractivity contribution is 6.20. The van der Waals surface area contributed by atoms with Gasteiger partial charge in [0.25, 0.3) is 5.91 Å². The van der Waals surface area contributed by atoms with Crippen molar-refractivity contribution in [2.75, 3.05) is 13.2 Å². The Morgan fingerprint density at radius 1 is 1.55 bits per heavy atom. The molecule has 20 heavy (non-hydrogen) atoms. The highest BCUT2D eigenvalue weighted by Gasteiger charge is 2.22. The third-order valence-corrected chi connectivity index (χ3v) is 2.77. The minimum atomic E-state index is -0.567. The van der Waals surface area contributed by atoms with Crippen molar-refractivity contribution in [3.63, 3.8) is 0 Å². The average Bonchev–Trinajstić information content (AvgIpc) is 2.38. The summed E-state index contributed by atoms with van der Waals surface area (Å²) in [6, 6.07) is 4.26. The number of nitro groups is 1. The molecule has 1 rings (SSSR count). The Morgan fingerprint density at radius 3 is 2.80 bits per heavy atom. The zero-order chi connectivity index (χ0) is 15.1. The molecule has 1 amide bonds. The lowest BCUT2D eigenvalue weighted by atomic mass is 10.1. The van der Waals surface area contributed by atoms with Gasteiger partial charge >= 0.3 is 5.69 Å². The Kier molecular flexibility index (Phi) is 6.24. The SMILES string of the molecule is CCOc1c(C(=O)NCCC(C)Cl)cccc1[N+](=O)[O-]. The van der Waals surface area contributed by atoms with Gasteiger partial charge in [-0.15, -0.1) is 11.6 Å². The highest BCUT2D eigenvalue weighted by atomic mass is 35.5. The first-order chi connectivity index (χ1) is 9.47. The van der Waals surface area contributed by atoms with Crippen LogP contribution in [0.4, 0.5) is 5.69 Å². The molecule has 110 valence electrons. The van der Waals surface area contributed by atoms with Crippen LogP contribution >= 0.6 is 11.6 Å². The van der Waals surface area contributed by atoms with Crippen LogP contribution in [-0.2, 0) is 0 Å². The summed E-state index contributed by atoms with van der Waals surface area (Å²) in [5, 5.41) is 13.6. The third-order valence-electron chi connectivity index (χ3n) is 2.55. The summed E-state index contributed by atoms with van der Waals surface area (Å²) in [5.41, 5.74) is -0.0616. The molecule has 0 saturated heterocycles. The molecule has 1 aromatic carbocycles. The van der Waals surface area contributed by atoms with Gasteiger partial charge in [0, 0.05) is 18.0 Å². The molecule has 7 heteroatoms. The fraction of sp³-hybridized carbons (Fsp3) is 0.462. The topological polar surface area (TPSA) is 81.5 Å². The van der Waals surface area contributed by atoms with E-state index in [-0.39, 0.29) is 29.0 Å². The van der Waals surface area contributed by atoms with Crippen LogP contribution in [0.25, 0.3) is 0 Å². The normalized spacial score (nSPS) is 11.8. The second-order valence-electron chi connectivity index (χ2n) is 4.17. The van der Waals surface area contributed by atoms with Crippen molar-refractivity contribution in [1.29, 1.82) is 0 Å². The van der Waals surface area contributed by atoms with Gasteiger partial charge in [-0.1, -0.05) is 6.07 Å². The van der Waals surface area contributed by atoms with E-state index in [1.54, 1.807) is 6.92 Å². The fourth-order valence-electron chi connectivity index (χ4n) is 1.62. The number of nitrogens with zero attached hydrogens (tertiary/aromatic N) is 1. The van der Waals surface area contributed by atoms with E-state index in [2.05, 4.69) is 5.32 Å². The van der Waals surface area contributed by atoms with E-state index in [4.69, 9.17) is 16.3 Å². The second-order valence-corrected chi connectivity index (χ2v) is 4.91. The van der Waals surface area contributed by atoms with Crippen LogP contribution in [0.2, 0.25) is 0 Å². The van der Waals surface area contributed by atoms with Gasteiger partial charge < -0.3 is 10.1 Å². The number of benzene rings is 1. The van der Waals surface area contributed by atoms with Crippen molar-refractivity contribution < 1.29 is 14.5 Å². The van der Waals surface area contributed by atoms with Gasteiger partial charge in [0.1, 0.15) is 0 Å². The molecule has 0 aliphatic heterocycles. The van der Waals surface area contributed by atoms with E-state index in [0.717, 1.165) is 0 Å². The van der Waals surface area contributed by atoms with E-state index < -0.39 is 10.8 Å². The number of amides is 1. The molecule has 6 nitrogen and oxygen atoms in total. The van der Waals surface area contributed by atoms with Crippen LogP contribution in [0, 0.1) is 10.1 Å². The summed E-state index contributed by atoms with van der Waals surface area (Å²) in [5.74, 6) is -0.411. The third kappa shape index (κ3) is 4.38. The van der Waals surface area contributed by atoms with E-state index in [9.17, 15) is 14.9 Å².